The van der Waals surface area contributed by atoms with Crippen LogP contribution in [0.25, 0.3) is 10.4 Å². The predicted molar refractivity (Wildman–Crippen MR) is 63.1 cm³/mol. The summed E-state index contributed by atoms with van der Waals surface area (Å²) in [5.41, 5.74) is 9.15. The van der Waals surface area contributed by atoms with Crippen molar-refractivity contribution < 1.29 is 14.3 Å². The van der Waals surface area contributed by atoms with Gasteiger partial charge in [-0.2, -0.15) is 0 Å². The fourth-order valence-corrected chi connectivity index (χ4v) is 1.67. The van der Waals surface area contributed by atoms with Gasteiger partial charge in [-0.05, 0) is 34.9 Å². The molecular weight excluding hydrogens is 236 g/mol. The minimum atomic E-state index is -0.641. The zero-order chi connectivity index (χ0) is 13.0. The number of nitrogens with zero attached hydrogens (tertiary/aromatic N) is 4. The molecule has 0 radical (unpaired) electrons. The number of rotatable bonds is 2. The third-order valence-corrected chi connectivity index (χ3v) is 2.55. The quantitative estimate of drug-likeness (QED) is 0.449. The van der Waals surface area contributed by atoms with E-state index in [1.54, 1.807) is 17.0 Å². The molecule has 0 aromatic heterocycles. The van der Waals surface area contributed by atoms with Gasteiger partial charge in [0.2, 0.25) is 5.91 Å². The second-order valence-corrected chi connectivity index (χ2v) is 3.64. The number of azide groups is 1. The van der Waals surface area contributed by atoms with E-state index in [-0.39, 0.29) is 18.1 Å². The maximum absolute atomic E-state index is 11.6. The fraction of sp³-hybridized carbons (Fsp3) is 0.273. The lowest BCUT2D eigenvalue weighted by atomic mass is 10.2. The van der Waals surface area contributed by atoms with Crippen LogP contribution in [0, 0.1) is 0 Å². The summed E-state index contributed by atoms with van der Waals surface area (Å²) in [7, 11) is 0. The van der Waals surface area contributed by atoms with Gasteiger partial charge in [0.05, 0.1) is 6.61 Å². The van der Waals surface area contributed by atoms with Crippen LogP contribution in [0.15, 0.2) is 29.4 Å². The lowest BCUT2D eigenvalue weighted by molar-refractivity contribution is -0.125. The van der Waals surface area contributed by atoms with Crippen LogP contribution in [0.1, 0.15) is 10.4 Å². The van der Waals surface area contributed by atoms with Crippen LogP contribution in [-0.4, -0.2) is 31.6 Å². The maximum Gasteiger partial charge on any atom is 0.253 e. The number of hydrogen-bond donors (Lipinski definition) is 0. The van der Waals surface area contributed by atoms with E-state index in [1.165, 1.54) is 12.1 Å². The molecule has 1 saturated heterocycles. The Morgan fingerprint density at radius 3 is 2.72 bits per heavy atom. The number of benzene rings is 1. The molecule has 7 heteroatoms. The number of carbonyl (C=O) groups excluding carboxylic acids is 2. The van der Waals surface area contributed by atoms with Crippen molar-refractivity contribution in [2.75, 3.05) is 24.7 Å². The van der Waals surface area contributed by atoms with E-state index in [2.05, 4.69) is 10.0 Å². The average Bonchev–Trinajstić information content (AvgIpc) is 2.40. The summed E-state index contributed by atoms with van der Waals surface area (Å²) in [5.74, 6) is -0.757. The largest absolute Gasteiger partial charge is 0.370 e. The van der Waals surface area contributed by atoms with E-state index < -0.39 is 5.91 Å². The molecular formula is C11H10N4O3. The average molecular weight is 246 g/mol. The summed E-state index contributed by atoms with van der Waals surface area (Å²) in [6.45, 7) is 1.05. The monoisotopic (exact) mass is 246 g/mol. The van der Waals surface area contributed by atoms with Crippen molar-refractivity contribution in [1.29, 1.82) is 0 Å². The molecule has 1 aromatic carbocycles. The zero-order valence-corrected chi connectivity index (χ0v) is 9.44. The smallest absolute Gasteiger partial charge is 0.253 e. The minimum absolute atomic E-state index is 0.0689. The number of hydrogen-bond acceptors (Lipinski definition) is 3. The molecule has 2 amide bonds. The van der Waals surface area contributed by atoms with Crippen LogP contribution in [0.2, 0.25) is 0 Å². The molecule has 0 spiro atoms. The first-order chi connectivity index (χ1) is 8.72. The van der Waals surface area contributed by atoms with E-state index >= 15 is 0 Å². The van der Waals surface area contributed by atoms with Crippen LogP contribution in [0.5, 0.6) is 0 Å². The van der Waals surface area contributed by atoms with Crippen molar-refractivity contribution in [1.82, 2.24) is 0 Å². The highest BCUT2D eigenvalue weighted by atomic mass is 16.5. The van der Waals surface area contributed by atoms with E-state index in [0.29, 0.717) is 18.8 Å². The Bertz CT molecular complexity index is 520. The first-order valence-corrected chi connectivity index (χ1v) is 5.30. The van der Waals surface area contributed by atoms with Gasteiger partial charge in [-0.1, -0.05) is 0 Å². The molecule has 1 aliphatic rings. The van der Waals surface area contributed by atoms with Gasteiger partial charge in [0.15, 0.2) is 0 Å². The summed E-state index contributed by atoms with van der Waals surface area (Å²) < 4.78 is 5.03. The third-order valence-electron chi connectivity index (χ3n) is 2.55. The standard InChI is InChI=1S/C11H10N4O3/c12-14-13-11(17)8-1-3-9(4-2-8)15-5-6-18-7-10(15)16/h1-4H,5-7H2. The Labute approximate surface area is 103 Å². The van der Waals surface area contributed by atoms with Crippen LogP contribution in [0.3, 0.4) is 0 Å². The van der Waals surface area contributed by atoms with E-state index in [4.69, 9.17) is 10.3 Å². The van der Waals surface area contributed by atoms with Gasteiger partial charge in [0.1, 0.15) is 6.61 Å². The Balaban J connectivity index is 2.19. The molecule has 0 atom stereocenters. The highest BCUT2D eigenvalue weighted by Crippen LogP contribution is 2.17. The Kier molecular flexibility index (Phi) is 3.57. The number of ether oxygens (including phenoxy) is 1. The van der Waals surface area contributed by atoms with Gasteiger partial charge >= 0.3 is 0 Å². The maximum atomic E-state index is 11.6. The van der Waals surface area contributed by atoms with Crippen LogP contribution < -0.4 is 4.90 Å². The Morgan fingerprint density at radius 1 is 1.39 bits per heavy atom. The second-order valence-electron chi connectivity index (χ2n) is 3.64. The van der Waals surface area contributed by atoms with Crippen molar-refractivity contribution >= 4 is 17.5 Å². The van der Waals surface area contributed by atoms with E-state index in [0.717, 1.165) is 0 Å². The highest BCUT2D eigenvalue weighted by molar-refractivity contribution is 5.97. The third kappa shape index (κ3) is 2.48. The normalized spacial score (nSPS) is 15.1. The molecule has 1 aliphatic heterocycles. The summed E-state index contributed by atoms with van der Waals surface area (Å²) in [6, 6.07) is 6.33. The van der Waals surface area contributed by atoms with Gasteiger partial charge in [0.25, 0.3) is 5.91 Å². The van der Waals surface area contributed by atoms with Crippen molar-refractivity contribution in [2.24, 2.45) is 5.11 Å². The molecule has 0 aliphatic carbocycles. The highest BCUT2D eigenvalue weighted by Gasteiger charge is 2.20. The van der Waals surface area contributed by atoms with Crippen molar-refractivity contribution in [3.63, 3.8) is 0 Å². The molecule has 0 N–H and O–H groups in total. The fourth-order valence-electron chi connectivity index (χ4n) is 1.67. The molecule has 0 unspecified atom stereocenters. The molecule has 0 saturated carbocycles. The van der Waals surface area contributed by atoms with Gasteiger partial charge in [-0.25, -0.2) is 0 Å². The van der Waals surface area contributed by atoms with Crippen molar-refractivity contribution in [2.45, 2.75) is 0 Å². The molecule has 2 rings (SSSR count). The molecule has 7 nitrogen and oxygen atoms in total. The predicted octanol–water partition coefficient (Wildman–Crippen LogP) is 1.50. The van der Waals surface area contributed by atoms with Crippen LogP contribution >= 0.6 is 0 Å². The second kappa shape index (κ2) is 5.31. The van der Waals surface area contributed by atoms with Gasteiger partial charge in [0, 0.05) is 22.7 Å². The molecule has 1 heterocycles. The lowest BCUT2D eigenvalue weighted by Gasteiger charge is -2.26. The number of anilines is 1. The first kappa shape index (κ1) is 12.1. The Hall–Kier alpha value is -2.37. The number of morpholine rings is 1. The summed E-state index contributed by atoms with van der Waals surface area (Å²) in [5, 5.41) is 2.99. The number of carbonyl (C=O) groups is 2. The number of amides is 2. The lowest BCUT2D eigenvalue weighted by Crippen LogP contribution is -2.41. The Morgan fingerprint density at radius 2 is 2.11 bits per heavy atom. The molecule has 1 aromatic rings. The van der Waals surface area contributed by atoms with Gasteiger partial charge < -0.3 is 9.64 Å². The van der Waals surface area contributed by atoms with Crippen molar-refractivity contribution in [3.05, 3.63) is 40.3 Å². The van der Waals surface area contributed by atoms with Crippen molar-refractivity contribution in [3.8, 4) is 0 Å². The molecule has 1 fully saturated rings. The van der Waals surface area contributed by atoms with E-state index in [9.17, 15) is 9.59 Å². The van der Waals surface area contributed by atoms with Crippen LogP contribution in [-0.2, 0) is 9.53 Å². The minimum Gasteiger partial charge on any atom is -0.370 e. The van der Waals surface area contributed by atoms with E-state index in [1.807, 2.05) is 0 Å². The zero-order valence-electron chi connectivity index (χ0n) is 9.44. The summed E-state index contributed by atoms with van der Waals surface area (Å²) in [6.07, 6.45) is 0. The molecule has 18 heavy (non-hydrogen) atoms. The summed E-state index contributed by atoms with van der Waals surface area (Å²) in [4.78, 5) is 26.9. The summed E-state index contributed by atoms with van der Waals surface area (Å²) >= 11 is 0. The SMILES string of the molecule is [N-]=[N+]=NC(=O)c1ccc(N2CCOCC2=O)cc1. The van der Waals surface area contributed by atoms with Gasteiger partial charge in [-0.15, -0.1) is 0 Å². The molecule has 92 valence electrons. The topological polar surface area (TPSA) is 95.4 Å². The van der Waals surface area contributed by atoms with Gasteiger partial charge in [-0.3, -0.25) is 9.59 Å². The molecule has 0 bridgehead atoms. The van der Waals surface area contributed by atoms with Crippen LogP contribution in [0.4, 0.5) is 5.69 Å². The first-order valence-electron chi connectivity index (χ1n) is 5.30.